The van der Waals surface area contributed by atoms with Crippen LogP contribution in [0.3, 0.4) is 0 Å². The van der Waals surface area contributed by atoms with Gasteiger partial charge >= 0.3 is 5.97 Å². The number of rotatable bonds is 4. The maximum atomic E-state index is 11.8. The first-order chi connectivity index (χ1) is 19.0. The number of hydrogen-bond donors (Lipinski definition) is 2. The predicted octanol–water partition coefficient (Wildman–Crippen LogP) is 4.48. The van der Waals surface area contributed by atoms with Crippen molar-refractivity contribution >= 4 is 16.9 Å². The van der Waals surface area contributed by atoms with Crippen molar-refractivity contribution in [2.24, 2.45) is 0 Å². The van der Waals surface area contributed by atoms with Crippen LogP contribution in [0.15, 0.2) is 42.7 Å². The molecule has 0 unspecified atom stereocenters. The Morgan fingerprint density at radius 2 is 2.15 bits per heavy atom. The number of carboxylic acid groups (broad SMARTS) is 1. The second-order valence-corrected chi connectivity index (χ2v) is 10.3. The molecular formula is C29H33N5O5. The van der Waals surface area contributed by atoms with Gasteiger partial charge in [-0.25, -0.2) is 4.79 Å². The predicted molar refractivity (Wildman–Crippen MR) is 144 cm³/mol. The van der Waals surface area contributed by atoms with Gasteiger partial charge in [0.2, 0.25) is 0 Å². The van der Waals surface area contributed by atoms with Gasteiger partial charge in [0.25, 0.3) is 0 Å². The summed E-state index contributed by atoms with van der Waals surface area (Å²) in [4.78, 5) is 17.6. The van der Waals surface area contributed by atoms with E-state index >= 15 is 0 Å². The maximum absolute atomic E-state index is 11.8. The number of H-pyrrole nitrogens is 1. The van der Waals surface area contributed by atoms with Gasteiger partial charge in [-0.3, -0.25) is 9.58 Å². The van der Waals surface area contributed by atoms with Crippen LogP contribution in [0.1, 0.15) is 58.0 Å². The normalized spacial score (nSPS) is 20.2. The highest BCUT2D eigenvalue weighted by atomic mass is 16.5. The van der Waals surface area contributed by atoms with Crippen molar-refractivity contribution in [2.75, 3.05) is 20.3 Å². The Labute approximate surface area is 226 Å². The van der Waals surface area contributed by atoms with E-state index in [2.05, 4.69) is 39.3 Å². The number of hydrogen-bond acceptors (Lipinski definition) is 7. The van der Waals surface area contributed by atoms with E-state index in [-0.39, 0.29) is 17.7 Å². The summed E-state index contributed by atoms with van der Waals surface area (Å²) in [6.07, 6.45) is 6.21. The molecule has 4 bridgehead atoms. The molecule has 2 atom stereocenters. The molecule has 39 heavy (non-hydrogen) atoms. The van der Waals surface area contributed by atoms with E-state index in [0.717, 1.165) is 58.4 Å². The SMILES string of the molecule is COc1cc(C)c2[nH]ccc2c1CN1CC[C@H]2C[C@H]1c1ccc(C(=O)O)cc1OCCCn1cc(nn1)CO2. The molecule has 2 aromatic heterocycles. The van der Waals surface area contributed by atoms with Gasteiger partial charge in [0.05, 0.1) is 38.2 Å². The lowest BCUT2D eigenvalue weighted by Crippen LogP contribution is -2.39. The van der Waals surface area contributed by atoms with E-state index < -0.39 is 5.97 Å². The summed E-state index contributed by atoms with van der Waals surface area (Å²) in [7, 11) is 1.71. The van der Waals surface area contributed by atoms with E-state index in [1.165, 1.54) is 0 Å². The van der Waals surface area contributed by atoms with Gasteiger partial charge in [0.1, 0.15) is 17.2 Å². The van der Waals surface area contributed by atoms with Crippen molar-refractivity contribution in [3.05, 3.63) is 70.7 Å². The van der Waals surface area contributed by atoms with Gasteiger partial charge in [-0.2, -0.15) is 0 Å². The molecule has 204 valence electrons. The molecule has 0 saturated carbocycles. The van der Waals surface area contributed by atoms with E-state index in [1.54, 1.807) is 23.9 Å². The van der Waals surface area contributed by atoms with Crippen molar-refractivity contribution in [3.8, 4) is 11.5 Å². The van der Waals surface area contributed by atoms with Crippen LogP contribution >= 0.6 is 0 Å². The van der Waals surface area contributed by atoms with E-state index in [4.69, 9.17) is 14.2 Å². The molecule has 0 radical (unpaired) electrons. The Morgan fingerprint density at radius 1 is 1.26 bits per heavy atom. The first-order valence-corrected chi connectivity index (χ1v) is 13.4. The molecular weight excluding hydrogens is 498 g/mol. The fraction of sp³-hybridized carbons (Fsp3) is 0.414. The minimum absolute atomic E-state index is 0.0125. The molecule has 0 spiro atoms. The van der Waals surface area contributed by atoms with Crippen molar-refractivity contribution in [1.82, 2.24) is 24.9 Å². The number of carboxylic acids is 1. The number of aryl methyl sites for hydroxylation is 2. The number of nitrogens with zero attached hydrogens (tertiary/aromatic N) is 4. The fourth-order valence-electron chi connectivity index (χ4n) is 5.82. The number of carbonyl (C=O) groups is 1. The molecule has 2 aliphatic heterocycles. The third kappa shape index (κ3) is 5.09. The number of fused-ring (bicyclic) bond motifs is 7. The molecule has 4 aromatic rings. The van der Waals surface area contributed by atoms with Crippen molar-refractivity contribution in [2.45, 2.75) is 58.0 Å². The van der Waals surface area contributed by atoms with E-state index in [9.17, 15) is 9.90 Å². The van der Waals surface area contributed by atoms with Crippen molar-refractivity contribution in [1.29, 1.82) is 0 Å². The molecule has 2 N–H and O–H groups in total. The maximum Gasteiger partial charge on any atom is 0.335 e. The van der Waals surface area contributed by atoms with Crippen LogP contribution in [-0.4, -0.2) is 62.3 Å². The van der Waals surface area contributed by atoms with E-state index in [1.807, 2.05) is 18.5 Å². The number of aromatic amines is 1. The fourth-order valence-corrected chi connectivity index (χ4v) is 5.82. The first kappa shape index (κ1) is 25.4. The van der Waals surface area contributed by atoms with E-state index in [0.29, 0.717) is 38.5 Å². The quantitative estimate of drug-likeness (QED) is 0.396. The minimum Gasteiger partial charge on any atom is -0.496 e. The number of benzene rings is 2. The molecule has 4 heterocycles. The third-order valence-electron chi connectivity index (χ3n) is 7.82. The highest BCUT2D eigenvalue weighted by molar-refractivity contribution is 5.89. The van der Waals surface area contributed by atoms with Crippen LogP contribution in [0.25, 0.3) is 10.9 Å². The second-order valence-electron chi connectivity index (χ2n) is 10.3. The van der Waals surface area contributed by atoms with Crippen LogP contribution in [0.5, 0.6) is 11.5 Å². The average molecular weight is 532 g/mol. The molecule has 2 aliphatic rings. The van der Waals surface area contributed by atoms with Gasteiger partial charge in [-0.1, -0.05) is 11.3 Å². The Balaban J connectivity index is 1.39. The Morgan fingerprint density at radius 3 is 3.00 bits per heavy atom. The first-order valence-electron chi connectivity index (χ1n) is 13.4. The number of aromatic carboxylic acids is 1. The molecule has 10 nitrogen and oxygen atoms in total. The Bertz CT molecular complexity index is 1490. The second kappa shape index (κ2) is 10.7. The zero-order chi connectivity index (χ0) is 26.9. The van der Waals surface area contributed by atoms with Gasteiger partial charge in [-0.05, 0) is 49.6 Å². The largest absolute Gasteiger partial charge is 0.496 e. The highest BCUT2D eigenvalue weighted by Gasteiger charge is 2.33. The average Bonchev–Trinajstić information content (AvgIpc) is 3.62. The number of likely N-dealkylation sites (tertiary alicyclic amines) is 1. The van der Waals surface area contributed by atoms with Crippen molar-refractivity contribution < 1.29 is 24.1 Å². The molecule has 10 heteroatoms. The zero-order valence-electron chi connectivity index (χ0n) is 22.2. The molecule has 1 saturated heterocycles. The summed E-state index contributed by atoms with van der Waals surface area (Å²) in [5.41, 5.74) is 5.37. The smallest absolute Gasteiger partial charge is 0.335 e. The topological polar surface area (TPSA) is 115 Å². The summed E-state index contributed by atoms with van der Waals surface area (Å²) >= 11 is 0. The standard InChI is InChI=1S/C29H33N5O5/c1-18-12-26(37-2)24(22-6-8-30-28(18)22)16-33-10-7-21-14-25(33)23-5-4-19(29(35)36)13-27(23)38-11-3-9-34-15-20(17-39-21)31-32-34/h4-6,8,12-13,15,21,25,30H,3,7,9-11,14,16-17H2,1-2H3,(H,35,36)/t21-,25-/m0/s1. The van der Waals surface area contributed by atoms with Crippen LogP contribution in [-0.2, 0) is 24.4 Å². The number of nitrogens with one attached hydrogen (secondary N) is 1. The summed E-state index contributed by atoms with van der Waals surface area (Å²) in [5.74, 6) is 0.487. The third-order valence-corrected chi connectivity index (χ3v) is 7.82. The number of ether oxygens (including phenoxy) is 3. The summed E-state index contributed by atoms with van der Waals surface area (Å²) in [5, 5.41) is 19.3. The summed E-state index contributed by atoms with van der Waals surface area (Å²) < 4.78 is 20.2. The molecule has 6 rings (SSSR count). The van der Waals surface area contributed by atoms with Gasteiger partial charge in [0.15, 0.2) is 0 Å². The molecule has 1 fully saturated rings. The van der Waals surface area contributed by atoms with Gasteiger partial charge < -0.3 is 24.3 Å². The zero-order valence-corrected chi connectivity index (χ0v) is 22.2. The van der Waals surface area contributed by atoms with Crippen LogP contribution in [0.4, 0.5) is 0 Å². The Kier molecular flexibility index (Phi) is 6.97. The number of methoxy groups -OCH3 is 1. The summed E-state index contributed by atoms with van der Waals surface area (Å²) in [6, 6.07) is 9.37. The van der Waals surface area contributed by atoms with Gasteiger partial charge in [-0.15, -0.1) is 5.10 Å². The molecule has 0 amide bonds. The number of piperidine rings is 1. The molecule has 2 aromatic carbocycles. The lowest BCUT2D eigenvalue weighted by molar-refractivity contribution is -0.0288. The molecule has 0 aliphatic carbocycles. The lowest BCUT2D eigenvalue weighted by Gasteiger charge is -2.40. The highest BCUT2D eigenvalue weighted by Crippen LogP contribution is 2.41. The minimum atomic E-state index is -0.975. The lowest BCUT2D eigenvalue weighted by atomic mass is 9.90. The van der Waals surface area contributed by atoms with Gasteiger partial charge in [0, 0.05) is 60.3 Å². The van der Waals surface area contributed by atoms with Crippen LogP contribution in [0, 0.1) is 6.92 Å². The summed E-state index contributed by atoms with van der Waals surface area (Å²) in [6.45, 7) is 5.05. The monoisotopic (exact) mass is 531 g/mol. The van der Waals surface area contributed by atoms with Crippen LogP contribution in [0.2, 0.25) is 0 Å². The van der Waals surface area contributed by atoms with Crippen molar-refractivity contribution in [3.63, 3.8) is 0 Å². The Hall–Kier alpha value is -3.89. The number of aromatic nitrogens is 4. The van der Waals surface area contributed by atoms with Crippen LogP contribution < -0.4 is 9.47 Å².